The molecule has 0 aromatic rings. The Bertz CT molecular complexity index is 171. The Hall–Kier alpha value is 0.134. The van der Waals surface area contributed by atoms with Crippen molar-refractivity contribution in [2.24, 2.45) is 0 Å². The van der Waals surface area contributed by atoms with Gasteiger partial charge in [-0.3, -0.25) is 0 Å². The minimum absolute atomic E-state index is 0.881. The summed E-state index contributed by atoms with van der Waals surface area (Å²) in [4.78, 5) is 0. The standard InChI is InChI=1S/C11H27NSi2/c1-7-14(5,6)10-8-9-12-11-13(2,3)4/h7,12H,1,8-11H2,2-6H3. The van der Waals surface area contributed by atoms with Crippen molar-refractivity contribution in [3.63, 3.8) is 0 Å². The van der Waals surface area contributed by atoms with Gasteiger partial charge in [0.25, 0.3) is 0 Å². The van der Waals surface area contributed by atoms with E-state index in [2.05, 4.69) is 50.3 Å². The highest BCUT2D eigenvalue weighted by Crippen LogP contribution is 2.11. The zero-order chi connectivity index (χ0) is 11.2. The summed E-state index contributed by atoms with van der Waals surface area (Å²) in [6.45, 7) is 17.1. The third kappa shape index (κ3) is 8.72. The molecule has 0 aliphatic heterocycles. The van der Waals surface area contributed by atoms with Crippen molar-refractivity contribution in [2.75, 3.05) is 12.7 Å². The van der Waals surface area contributed by atoms with Gasteiger partial charge in [0.1, 0.15) is 0 Å². The molecule has 0 radical (unpaired) electrons. The predicted octanol–water partition coefficient (Wildman–Crippen LogP) is 3.28. The molecular weight excluding hydrogens is 202 g/mol. The minimum Gasteiger partial charge on any atom is -0.319 e. The van der Waals surface area contributed by atoms with Gasteiger partial charge in [0.2, 0.25) is 0 Å². The second-order valence-corrected chi connectivity index (χ2v) is 16.4. The first-order valence-corrected chi connectivity index (χ1v) is 12.6. The fourth-order valence-corrected chi connectivity index (χ4v) is 3.45. The van der Waals surface area contributed by atoms with Crippen LogP contribution in [0.5, 0.6) is 0 Å². The lowest BCUT2D eigenvalue weighted by atomic mass is 10.5. The maximum absolute atomic E-state index is 3.92. The fourth-order valence-electron chi connectivity index (χ4n) is 1.23. The van der Waals surface area contributed by atoms with E-state index in [0.29, 0.717) is 0 Å². The van der Waals surface area contributed by atoms with Crippen molar-refractivity contribution >= 4 is 16.1 Å². The third-order valence-electron chi connectivity index (χ3n) is 2.38. The zero-order valence-corrected chi connectivity index (χ0v) is 12.6. The molecule has 0 atom stereocenters. The Morgan fingerprint density at radius 1 is 1.14 bits per heavy atom. The van der Waals surface area contributed by atoms with Gasteiger partial charge in [-0.2, -0.15) is 0 Å². The smallest absolute Gasteiger partial charge is 0.0710 e. The van der Waals surface area contributed by atoms with E-state index in [9.17, 15) is 0 Å². The van der Waals surface area contributed by atoms with Gasteiger partial charge in [-0.1, -0.05) is 38.8 Å². The fraction of sp³-hybridized carbons (Fsp3) is 0.818. The van der Waals surface area contributed by atoms with Crippen molar-refractivity contribution < 1.29 is 0 Å². The molecule has 0 unspecified atom stereocenters. The normalized spacial score (nSPS) is 12.9. The highest BCUT2D eigenvalue weighted by Gasteiger charge is 2.15. The summed E-state index contributed by atoms with van der Waals surface area (Å²) in [5, 5.41) is 3.57. The van der Waals surface area contributed by atoms with Crippen LogP contribution >= 0.6 is 0 Å². The first kappa shape index (κ1) is 14.1. The molecule has 0 saturated carbocycles. The van der Waals surface area contributed by atoms with Crippen LogP contribution in [0, 0.1) is 0 Å². The maximum atomic E-state index is 3.92. The molecule has 14 heavy (non-hydrogen) atoms. The van der Waals surface area contributed by atoms with Crippen LogP contribution in [0.4, 0.5) is 0 Å². The number of hydrogen-bond acceptors (Lipinski definition) is 1. The van der Waals surface area contributed by atoms with E-state index >= 15 is 0 Å². The lowest BCUT2D eigenvalue weighted by molar-refractivity contribution is 0.737. The van der Waals surface area contributed by atoms with Gasteiger partial charge in [0.05, 0.1) is 16.1 Å². The Morgan fingerprint density at radius 3 is 2.14 bits per heavy atom. The van der Waals surface area contributed by atoms with Crippen LogP contribution in [-0.2, 0) is 0 Å². The summed E-state index contributed by atoms with van der Waals surface area (Å²) in [5.41, 5.74) is 2.20. The van der Waals surface area contributed by atoms with Gasteiger partial charge in [-0.15, -0.1) is 12.3 Å². The summed E-state index contributed by atoms with van der Waals surface area (Å²) in [6.07, 6.45) is 2.57. The van der Waals surface area contributed by atoms with Gasteiger partial charge < -0.3 is 5.32 Å². The third-order valence-corrected chi connectivity index (χ3v) is 6.44. The first-order chi connectivity index (χ1) is 6.27. The van der Waals surface area contributed by atoms with Gasteiger partial charge in [0, 0.05) is 0 Å². The van der Waals surface area contributed by atoms with Crippen molar-refractivity contribution in [1.82, 2.24) is 5.32 Å². The second kappa shape index (κ2) is 5.88. The monoisotopic (exact) mass is 229 g/mol. The molecule has 0 aromatic carbocycles. The summed E-state index contributed by atoms with van der Waals surface area (Å²) in [6, 6.07) is 1.37. The van der Waals surface area contributed by atoms with E-state index in [1.807, 2.05) is 0 Å². The summed E-state index contributed by atoms with van der Waals surface area (Å²) in [5.74, 6) is 0. The van der Waals surface area contributed by atoms with Crippen molar-refractivity contribution in [3.8, 4) is 0 Å². The Labute approximate surface area is 92.0 Å². The Balaban J connectivity index is 3.44. The topological polar surface area (TPSA) is 12.0 Å². The SMILES string of the molecule is C=C[Si](C)(C)CCCNC[Si](C)(C)C. The largest absolute Gasteiger partial charge is 0.319 e. The highest BCUT2D eigenvalue weighted by atomic mass is 28.3. The van der Waals surface area contributed by atoms with E-state index in [4.69, 9.17) is 0 Å². The number of hydrogen-bond donors (Lipinski definition) is 1. The predicted molar refractivity (Wildman–Crippen MR) is 73.3 cm³/mol. The van der Waals surface area contributed by atoms with E-state index in [0.717, 1.165) is 0 Å². The molecule has 1 N–H and O–H groups in total. The molecule has 84 valence electrons. The molecule has 3 heteroatoms. The van der Waals surface area contributed by atoms with Crippen LogP contribution in [0.15, 0.2) is 12.3 Å². The van der Waals surface area contributed by atoms with Crippen LogP contribution < -0.4 is 5.32 Å². The van der Waals surface area contributed by atoms with E-state index in [1.165, 1.54) is 25.2 Å². The zero-order valence-electron chi connectivity index (χ0n) is 10.6. The number of rotatable bonds is 7. The van der Waals surface area contributed by atoms with Gasteiger partial charge in [-0.05, 0) is 19.1 Å². The maximum Gasteiger partial charge on any atom is 0.0710 e. The van der Waals surface area contributed by atoms with Crippen LogP contribution in [0.1, 0.15) is 6.42 Å². The molecule has 0 aliphatic carbocycles. The molecule has 0 bridgehead atoms. The molecule has 0 heterocycles. The van der Waals surface area contributed by atoms with Crippen molar-refractivity contribution in [2.45, 2.75) is 45.2 Å². The second-order valence-electron chi connectivity index (χ2n) is 6.03. The van der Waals surface area contributed by atoms with Gasteiger partial charge >= 0.3 is 0 Å². The van der Waals surface area contributed by atoms with Crippen LogP contribution in [0.25, 0.3) is 0 Å². The number of nitrogens with one attached hydrogen (secondary N) is 1. The molecule has 0 aromatic heterocycles. The molecule has 0 rings (SSSR count). The van der Waals surface area contributed by atoms with E-state index in [-0.39, 0.29) is 0 Å². The van der Waals surface area contributed by atoms with Crippen LogP contribution in [-0.4, -0.2) is 28.9 Å². The van der Waals surface area contributed by atoms with Crippen LogP contribution in [0.3, 0.4) is 0 Å². The Kier molecular flexibility index (Phi) is 5.94. The molecule has 0 spiro atoms. The molecule has 0 aliphatic rings. The molecule has 0 saturated heterocycles. The lowest BCUT2D eigenvalue weighted by Gasteiger charge is -2.19. The quantitative estimate of drug-likeness (QED) is 0.522. The van der Waals surface area contributed by atoms with Crippen molar-refractivity contribution in [3.05, 3.63) is 12.3 Å². The molecule has 1 nitrogen and oxygen atoms in total. The van der Waals surface area contributed by atoms with Gasteiger partial charge in [0.15, 0.2) is 0 Å². The summed E-state index contributed by atoms with van der Waals surface area (Å²) < 4.78 is 0. The highest BCUT2D eigenvalue weighted by molar-refractivity contribution is 6.82. The summed E-state index contributed by atoms with van der Waals surface area (Å²) >= 11 is 0. The average molecular weight is 230 g/mol. The van der Waals surface area contributed by atoms with Crippen LogP contribution in [0.2, 0.25) is 38.8 Å². The summed E-state index contributed by atoms with van der Waals surface area (Å²) in [7, 11) is -1.92. The van der Waals surface area contributed by atoms with E-state index < -0.39 is 16.1 Å². The molecule has 0 fully saturated rings. The van der Waals surface area contributed by atoms with E-state index in [1.54, 1.807) is 0 Å². The Morgan fingerprint density at radius 2 is 1.71 bits per heavy atom. The lowest BCUT2D eigenvalue weighted by Crippen LogP contribution is -2.37. The average Bonchev–Trinajstić information content (AvgIpc) is 2.01. The molecular formula is C11H27NSi2. The minimum atomic E-state index is -1.04. The first-order valence-electron chi connectivity index (χ1n) is 5.61. The molecule has 0 amide bonds. The van der Waals surface area contributed by atoms with Crippen molar-refractivity contribution in [1.29, 1.82) is 0 Å². The van der Waals surface area contributed by atoms with Gasteiger partial charge in [-0.25, -0.2) is 0 Å².